The molecule has 0 bridgehead atoms. The standard InChI is InChI=1S/C14H28N4O2/c1-3-4-5-6-9-20-11-13(19)10-15-8-7-14-16-12-18(2)17-14/h12-13,15,19H,3-11H2,1-2H3. The molecule has 6 heteroatoms. The van der Waals surface area contributed by atoms with E-state index in [1.54, 1.807) is 11.0 Å². The molecule has 0 fully saturated rings. The van der Waals surface area contributed by atoms with E-state index in [2.05, 4.69) is 22.3 Å². The van der Waals surface area contributed by atoms with Gasteiger partial charge < -0.3 is 15.2 Å². The van der Waals surface area contributed by atoms with Gasteiger partial charge in [0, 0.05) is 33.2 Å². The van der Waals surface area contributed by atoms with Crippen LogP contribution in [0.1, 0.15) is 38.4 Å². The molecular formula is C14H28N4O2. The van der Waals surface area contributed by atoms with Gasteiger partial charge in [0.1, 0.15) is 6.33 Å². The van der Waals surface area contributed by atoms with Gasteiger partial charge in [-0.1, -0.05) is 26.2 Å². The zero-order valence-corrected chi connectivity index (χ0v) is 12.7. The summed E-state index contributed by atoms with van der Waals surface area (Å²) in [5.41, 5.74) is 0. The second-order valence-corrected chi connectivity index (χ2v) is 5.08. The SMILES string of the molecule is CCCCCCOCC(O)CNCCc1ncn(C)n1. The van der Waals surface area contributed by atoms with E-state index in [9.17, 15) is 5.11 Å². The van der Waals surface area contributed by atoms with Crippen molar-refractivity contribution < 1.29 is 9.84 Å². The fourth-order valence-electron chi connectivity index (χ4n) is 1.88. The quantitative estimate of drug-likeness (QED) is 0.558. The number of ether oxygens (including phenoxy) is 1. The van der Waals surface area contributed by atoms with Gasteiger partial charge in [0.25, 0.3) is 0 Å². The highest BCUT2D eigenvalue weighted by atomic mass is 16.5. The summed E-state index contributed by atoms with van der Waals surface area (Å²) in [6, 6.07) is 0. The maximum absolute atomic E-state index is 9.73. The van der Waals surface area contributed by atoms with E-state index in [4.69, 9.17) is 4.74 Å². The molecule has 0 aromatic carbocycles. The monoisotopic (exact) mass is 284 g/mol. The summed E-state index contributed by atoms with van der Waals surface area (Å²) in [5, 5.41) is 17.1. The maximum Gasteiger partial charge on any atom is 0.151 e. The summed E-state index contributed by atoms with van der Waals surface area (Å²) in [4.78, 5) is 4.14. The minimum atomic E-state index is -0.446. The maximum atomic E-state index is 9.73. The number of nitrogens with zero attached hydrogens (tertiary/aromatic N) is 3. The van der Waals surface area contributed by atoms with Crippen LogP contribution in [-0.4, -0.2) is 52.3 Å². The van der Waals surface area contributed by atoms with Crippen molar-refractivity contribution in [3.05, 3.63) is 12.2 Å². The van der Waals surface area contributed by atoms with Gasteiger partial charge >= 0.3 is 0 Å². The molecule has 116 valence electrons. The third kappa shape index (κ3) is 8.24. The molecule has 0 radical (unpaired) electrons. The second kappa shape index (κ2) is 10.8. The van der Waals surface area contributed by atoms with Crippen molar-refractivity contribution in [2.45, 2.75) is 45.1 Å². The first-order chi connectivity index (χ1) is 9.72. The number of aromatic nitrogens is 3. The van der Waals surface area contributed by atoms with Crippen molar-refractivity contribution >= 4 is 0 Å². The molecule has 0 aliphatic heterocycles. The van der Waals surface area contributed by atoms with Crippen LogP contribution in [0.15, 0.2) is 6.33 Å². The van der Waals surface area contributed by atoms with Crippen molar-refractivity contribution in [1.82, 2.24) is 20.1 Å². The van der Waals surface area contributed by atoms with Crippen LogP contribution in [0.25, 0.3) is 0 Å². The lowest BCUT2D eigenvalue weighted by atomic mass is 10.2. The molecule has 0 amide bonds. The lowest BCUT2D eigenvalue weighted by Crippen LogP contribution is -2.31. The highest BCUT2D eigenvalue weighted by Crippen LogP contribution is 1.99. The van der Waals surface area contributed by atoms with Crippen LogP contribution in [0.2, 0.25) is 0 Å². The number of aliphatic hydroxyl groups is 1. The van der Waals surface area contributed by atoms with Crippen molar-refractivity contribution in [2.24, 2.45) is 7.05 Å². The summed E-state index contributed by atoms with van der Waals surface area (Å²) in [7, 11) is 1.85. The minimum absolute atomic E-state index is 0.404. The summed E-state index contributed by atoms with van der Waals surface area (Å²) in [6.07, 6.45) is 6.80. The number of hydrogen-bond acceptors (Lipinski definition) is 5. The Bertz CT molecular complexity index is 344. The highest BCUT2D eigenvalue weighted by molar-refractivity contribution is 4.82. The van der Waals surface area contributed by atoms with E-state index in [1.807, 2.05) is 7.05 Å². The zero-order chi connectivity index (χ0) is 14.6. The Labute approximate surface area is 121 Å². The van der Waals surface area contributed by atoms with Crippen LogP contribution in [-0.2, 0) is 18.2 Å². The first-order valence-electron chi connectivity index (χ1n) is 7.53. The van der Waals surface area contributed by atoms with Crippen LogP contribution >= 0.6 is 0 Å². The van der Waals surface area contributed by atoms with Gasteiger partial charge in [-0.25, -0.2) is 4.98 Å². The lowest BCUT2D eigenvalue weighted by molar-refractivity contribution is 0.0356. The number of unbranched alkanes of at least 4 members (excludes halogenated alkanes) is 3. The smallest absolute Gasteiger partial charge is 0.151 e. The molecule has 0 saturated carbocycles. The molecule has 2 N–H and O–H groups in total. The molecule has 1 rings (SSSR count). The number of aliphatic hydroxyl groups excluding tert-OH is 1. The Balaban J connectivity index is 1.91. The van der Waals surface area contributed by atoms with Crippen LogP contribution < -0.4 is 5.32 Å². The molecule has 1 unspecified atom stereocenters. The van der Waals surface area contributed by atoms with Gasteiger partial charge in [-0.3, -0.25) is 4.68 Å². The van der Waals surface area contributed by atoms with E-state index in [0.717, 1.165) is 31.8 Å². The van der Waals surface area contributed by atoms with Gasteiger partial charge in [0.2, 0.25) is 0 Å². The molecule has 0 aliphatic rings. The van der Waals surface area contributed by atoms with Gasteiger partial charge in [0.05, 0.1) is 12.7 Å². The summed E-state index contributed by atoms with van der Waals surface area (Å²) in [5.74, 6) is 0.821. The molecule has 0 spiro atoms. The predicted molar refractivity (Wildman–Crippen MR) is 78.5 cm³/mol. The van der Waals surface area contributed by atoms with E-state index in [-0.39, 0.29) is 0 Å². The van der Waals surface area contributed by atoms with E-state index in [1.165, 1.54) is 19.3 Å². The van der Waals surface area contributed by atoms with E-state index < -0.39 is 6.10 Å². The van der Waals surface area contributed by atoms with Crippen LogP contribution in [0.5, 0.6) is 0 Å². The molecule has 1 atom stereocenters. The van der Waals surface area contributed by atoms with Crippen molar-refractivity contribution in [3.63, 3.8) is 0 Å². The lowest BCUT2D eigenvalue weighted by Gasteiger charge is -2.12. The molecule has 1 heterocycles. The Hall–Kier alpha value is -0.980. The Morgan fingerprint density at radius 1 is 1.40 bits per heavy atom. The molecule has 0 aliphatic carbocycles. The first-order valence-corrected chi connectivity index (χ1v) is 7.53. The molecule has 0 saturated heterocycles. The Morgan fingerprint density at radius 3 is 2.95 bits per heavy atom. The van der Waals surface area contributed by atoms with E-state index in [0.29, 0.717) is 13.2 Å². The van der Waals surface area contributed by atoms with Crippen molar-refractivity contribution in [2.75, 3.05) is 26.3 Å². The van der Waals surface area contributed by atoms with Crippen LogP contribution in [0, 0.1) is 0 Å². The number of aryl methyl sites for hydroxylation is 1. The zero-order valence-electron chi connectivity index (χ0n) is 12.7. The Kier molecular flexibility index (Phi) is 9.19. The van der Waals surface area contributed by atoms with Gasteiger partial charge in [-0.2, -0.15) is 5.10 Å². The first kappa shape index (κ1) is 17.1. The second-order valence-electron chi connectivity index (χ2n) is 5.08. The average molecular weight is 284 g/mol. The summed E-state index contributed by atoms with van der Waals surface area (Å²) >= 11 is 0. The third-order valence-corrected chi connectivity index (χ3v) is 3.00. The molecule has 1 aromatic rings. The normalized spacial score (nSPS) is 12.8. The average Bonchev–Trinajstić information content (AvgIpc) is 2.84. The van der Waals surface area contributed by atoms with Crippen LogP contribution in [0.4, 0.5) is 0 Å². The number of rotatable bonds is 12. The summed E-state index contributed by atoms with van der Waals surface area (Å²) < 4.78 is 7.13. The third-order valence-electron chi connectivity index (χ3n) is 3.00. The van der Waals surface area contributed by atoms with Gasteiger partial charge in [-0.15, -0.1) is 0 Å². The topological polar surface area (TPSA) is 72.2 Å². The summed E-state index contributed by atoms with van der Waals surface area (Å²) in [6.45, 7) is 4.64. The molecule has 1 aromatic heterocycles. The van der Waals surface area contributed by atoms with Crippen molar-refractivity contribution in [3.8, 4) is 0 Å². The van der Waals surface area contributed by atoms with Crippen molar-refractivity contribution in [1.29, 1.82) is 0 Å². The number of nitrogens with one attached hydrogen (secondary N) is 1. The van der Waals surface area contributed by atoms with Crippen LogP contribution in [0.3, 0.4) is 0 Å². The predicted octanol–water partition coefficient (Wildman–Crippen LogP) is 0.905. The highest BCUT2D eigenvalue weighted by Gasteiger charge is 2.04. The fraction of sp³-hybridized carbons (Fsp3) is 0.857. The molecular weight excluding hydrogens is 256 g/mol. The number of hydrogen-bond donors (Lipinski definition) is 2. The molecule has 20 heavy (non-hydrogen) atoms. The van der Waals surface area contributed by atoms with Gasteiger partial charge in [-0.05, 0) is 6.42 Å². The minimum Gasteiger partial charge on any atom is -0.389 e. The largest absolute Gasteiger partial charge is 0.389 e. The van der Waals surface area contributed by atoms with E-state index >= 15 is 0 Å². The molecule has 6 nitrogen and oxygen atoms in total. The fourth-order valence-corrected chi connectivity index (χ4v) is 1.88. The van der Waals surface area contributed by atoms with Gasteiger partial charge in [0.15, 0.2) is 5.82 Å². The Morgan fingerprint density at radius 2 is 2.25 bits per heavy atom.